The van der Waals surface area contributed by atoms with E-state index in [1.807, 2.05) is 24.3 Å². The average Bonchev–Trinajstić information content (AvgIpc) is 2.47. The van der Waals surface area contributed by atoms with Crippen molar-refractivity contribution in [3.05, 3.63) is 42.7 Å². The first-order valence-electron chi connectivity index (χ1n) is 7.09. The minimum atomic E-state index is 0.588. The number of benzene rings is 1. The molecule has 0 aliphatic rings. The lowest BCUT2D eigenvalue weighted by Gasteiger charge is -2.22. The maximum Gasteiger partial charge on any atom is 0.138 e. The van der Waals surface area contributed by atoms with Crippen LogP contribution >= 0.6 is 0 Å². The van der Waals surface area contributed by atoms with Gasteiger partial charge in [-0.1, -0.05) is 32.0 Å². The number of anilines is 3. The number of aromatic nitrogens is 2. The predicted octanol–water partition coefficient (Wildman–Crippen LogP) is 3.70. The van der Waals surface area contributed by atoms with Crippen molar-refractivity contribution in [1.82, 2.24) is 9.97 Å². The third-order valence-electron chi connectivity index (χ3n) is 3.00. The summed E-state index contributed by atoms with van der Waals surface area (Å²) in [5.74, 6) is 2.38. The van der Waals surface area contributed by atoms with Crippen molar-refractivity contribution in [2.45, 2.75) is 20.8 Å². The van der Waals surface area contributed by atoms with Gasteiger partial charge in [0.25, 0.3) is 0 Å². The molecule has 0 aliphatic carbocycles. The van der Waals surface area contributed by atoms with Gasteiger partial charge in [-0.3, -0.25) is 0 Å². The highest BCUT2D eigenvalue weighted by Crippen LogP contribution is 2.23. The smallest absolute Gasteiger partial charge is 0.138 e. The summed E-state index contributed by atoms with van der Waals surface area (Å²) in [5.41, 5.74) is 1.14. The molecule has 0 radical (unpaired) electrons. The summed E-state index contributed by atoms with van der Waals surface area (Å²) in [6.07, 6.45) is 1.61. The van der Waals surface area contributed by atoms with Gasteiger partial charge in [0.1, 0.15) is 18.0 Å². The topological polar surface area (TPSA) is 41.0 Å². The highest BCUT2D eigenvalue weighted by atomic mass is 15.2. The third kappa shape index (κ3) is 3.70. The summed E-state index contributed by atoms with van der Waals surface area (Å²) in [6.45, 7) is 8.25. The molecule has 0 atom stereocenters. The van der Waals surface area contributed by atoms with Crippen LogP contribution in [0.15, 0.2) is 42.7 Å². The van der Waals surface area contributed by atoms with E-state index < -0.39 is 0 Å². The molecule has 106 valence electrons. The second kappa shape index (κ2) is 6.89. The minimum Gasteiger partial charge on any atom is -0.370 e. The normalized spacial score (nSPS) is 10.6. The van der Waals surface area contributed by atoms with Gasteiger partial charge in [-0.05, 0) is 25.0 Å². The van der Waals surface area contributed by atoms with Gasteiger partial charge < -0.3 is 10.2 Å². The molecule has 1 heterocycles. The molecule has 1 N–H and O–H groups in total. The Bertz CT molecular complexity index is 525. The Morgan fingerprint density at radius 2 is 1.90 bits per heavy atom. The first kappa shape index (κ1) is 14.3. The van der Waals surface area contributed by atoms with Gasteiger partial charge in [-0.15, -0.1) is 0 Å². The zero-order valence-electron chi connectivity index (χ0n) is 12.4. The van der Waals surface area contributed by atoms with Crippen molar-refractivity contribution in [3.63, 3.8) is 0 Å². The zero-order chi connectivity index (χ0) is 14.4. The van der Waals surface area contributed by atoms with Crippen LogP contribution in [0, 0.1) is 5.92 Å². The van der Waals surface area contributed by atoms with Crippen LogP contribution in [0.2, 0.25) is 0 Å². The Labute approximate surface area is 120 Å². The Hall–Kier alpha value is -2.10. The van der Waals surface area contributed by atoms with E-state index in [1.54, 1.807) is 6.33 Å². The minimum absolute atomic E-state index is 0.588. The molecule has 0 saturated carbocycles. The maximum atomic E-state index is 4.39. The molecule has 0 amide bonds. The Kier molecular flexibility index (Phi) is 4.93. The molecule has 0 saturated heterocycles. The number of hydrogen-bond donors (Lipinski definition) is 1. The van der Waals surface area contributed by atoms with Crippen LogP contribution in [-0.4, -0.2) is 23.1 Å². The van der Waals surface area contributed by atoms with Crippen molar-refractivity contribution < 1.29 is 0 Å². The fraction of sp³-hybridized carbons (Fsp3) is 0.375. The van der Waals surface area contributed by atoms with Gasteiger partial charge in [-0.25, -0.2) is 9.97 Å². The Balaban J connectivity index is 2.20. The van der Waals surface area contributed by atoms with Gasteiger partial charge in [0.05, 0.1) is 0 Å². The number of hydrogen-bond acceptors (Lipinski definition) is 4. The molecule has 0 aliphatic heterocycles. The van der Waals surface area contributed by atoms with Crippen molar-refractivity contribution in [1.29, 1.82) is 0 Å². The molecule has 1 aromatic carbocycles. The Morgan fingerprint density at radius 1 is 1.15 bits per heavy atom. The van der Waals surface area contributed by atoms with E-state index in [0.717, 1.165) is 30.4 Å². The summed E-state index contributed by atoms with van der Waals surface area (Å²) >= 11 is 0. The van der Waals surface area contributed by atoms with Crippen LogP contribution < -0.4 is 10.2 Å². The first-order valence-corrected chi connectivity index (χ1v) is 7.09. The first-order chi connectivity index (χ1) is 9.70. The van der Waals surface area contributed by atoms with E-state index in [0.29, 0.717) is 5.92 Å². The average molecular weight is 270 g/mol. The lowest BCUT2D eigenvalue weighted by Crippen LogP contribution is -2.18. The number of nitrogens with one attached hydrogen (secondary N) is 1. The molecule has 0 unspecified atom stereocenters. The quantitative estimate of drug-likeness (QED) is 0.869. The van der Waals surface area contributed by atoms with Gasteiger partial charge >= 0.3 is 0 Å². The van der Waals surface area contributed by atoms with Crippen molar-refractivity contribution in [2.75, 3.05) is 23.3 Å². The summed E-state index contributed by atoms with van der Waals surface area (Å²) in [7, 11) is 0. The van der Waals surface area contributed by atoms with Crippen molar-refractivity contribution in [3.8, 4) is 0 Å². The van der Waals surface area contributed by atoms with Crippen molar-refractivity contribution >= 4 is 17.3 Å². The summed E-state index contributed by atoms with van der Waals surface area (Å²) < 4.78 is 0. The second-order valence-corrected chi connectivity index (χ2v) is 5.12. The molecule has 4 heteroatoms. The van der Waals surface area contributed by atoms with Crippen LogP contribution in [0.1, 0.15) is 20.8 Å². The molecule has 2 aromatic rings. The monoisotopic (exact) mass is 270 g/mol. The molecule has 0 fully saturated rings. The van der Waals surface area contributed by atoms with E-state index >= 15 is 0 Å². The number of para-hydroxylation sites is 1. The SMILES string of the molecule is CCN(c1ccccc1)c1cc(NCC(C)C)ncn1. The largest absolute Gasteiger partial charge is 0.370 e. The fourth-order valence-corrected chi connectivity index (χ4v) is 1.98. The van der Waals surface area contributed by atoms with Crippen LogP contribution in [0.25, 0.3) is 0 Å². The standard InChI is InChI=1S/C16H22N4/c1-4-20(14-8-6-5-7-9-14)16-10-15(18-12-19-16)17-11-13(2)3/h5-10,12-13H,4,11H2,1-3H3,(H,17,18,19). The molecular formula is C16H22N4. The number of nitrogens with zero attached hydrogens (tertiary/aromatic N) is 3. The van der Waals surface area contributed by atoms with E-state index in [4.69, 9.17) is 0 Å². The van der Waals surface area contributed by atoms with Crippen molar-refractivity contribution in [2.24, 2.45) is 5.92 Å². The fourth-order valence-electron chi connectivity index (χ4n) is 1.98. The van der Waals surface area contributed by atoms with Crippen LogP contribution in [-0.2, 0) is 0 Å². The van der Waals surface area contributed by atoms with Crippen LogP contribution in [0.4, 0.5) is 17.3 Å². The molecule has 1 aromatic heterocycles. The summed E-state index contributed by atoms with van der Waals surface area (Å²) in [6, 6.07) is 12.3. The maximum absolute atomic E-state index is 4.39. The van der Waals surface area contributed by atoms with E-state index in [1.165, 1.54) is 0 Å². The lowest BCUT2D eigenvalue weighted by molar-refractivity contribution is 0.686. The highest BCUT2D eigenvalue weighted by molar-refractivity contribution is 5.61. The van der Waals surface area contributed by atoms with E-state index in [9.17, 15) is 0 Å². The molecule has 4 nitrogen and oxygen atoms in total. The molecule has 0 bridgehead atoms. The molecule has 2 rings (SSSR count). The van der Waals surface area contributed by atoms with Gasteiger partial charge in [-0.2, -0.15) is 0 Å². The lowest BCUT2D eigenvalue weighted by atomic mass is 10.2. The van der Waals surface area contributed by atoms with Gasteiger partial charge in [0.15, 0.2) is 0 Å². The second-order valence-electron chi connectivity index (χ2n) is 5.12. The molecular weight excluding hydrogens is 248 g/mol. The highest BCUT2D eigenvalue weighted by Gasteiger charge is 2.09. The zero-order valence-corrected chi connectivity index (χ0v) is 12.4. The third-order valence-corrected chi connectivity index (χ3v) is 3.00. The van der Waals surface area contributed by atoms with Crippen LogP contribution in [0.5, 0.6) is 0 Å². The van der Waals surface area contributed by atoms with Crippen LogP contribution in [0.3, 0.4) is 0 Å². The number of rotatable bonds is 6. The van der Waals surface area contributed by atoms with E-state index in [2.05, 4.69) is 53.1 Å². The summed E-state index contributed by atoms with van der Waals surface area (Å²) in [4.78, 5) is 10.8. The van der Waals surface area contributed by atoms with Gasteiger partial charge in [0.2, 0.25) is 0 Å². The summed E-state index contributed by atoms with van der Waals surface area (Å²) in [5, 5.41) is 3.34. The van der Waals surface area contributed by atoms with Gasteiger partial charge in [0, 0.05) is 24.8 Å². The Morgan fingerprint density at radius 3 is 2.55 bits per heavy atom. The molecule has 0 spiro atoms. The molecule has 20 heavy (non-hydrogen) atoms. The van der Waals surface area contributed by atoms with E-state index in [-0.39, 0.29) is 0 Å². The predicted molar refractivity (Wildman–Crippen MR) is 84.5 cm³/mol.